The summed E-state index contributed by atoms with van der Waals surface area (Å²) in [7, 11) is 2.76. The zero-order valence-corrected chi connectivity index (χ0v) is 12.7. The Morgan fingerprint density at radius 2 is 2.11 bits per heavy atom. The second kappa shape index (κ2) is 9.24. The van der Waals surface area contributed by atoms with E-state index in [2.05, 4.69) is 15.3 Å². The largest absolute Gasteiger partial charge is 0.413 e. The Morgan fingerprint density at radius 3 is 2.56 bits per heavy atom. The van der Waals surface area contributed by atoms with Crippen molar-refractivity contribution in [3.8, 4) is 0 Å². The van der Waals surface area contributed by atoms with Crippen LogP contribution in [0.4, 0.5) is 4.79 Å². The molecule has 0 spiro atoms. The van der Waals surface area contributed by atoms with Gasteiger partial charge in [-0.3, -0.25) is 4.57 Å². The predicted octanol–water partition coefficient (Wildman–Crippen LogP) is 2.29. The van der Waals surface area contributed by atoms with Crippen molar-refractivity contribution in [2.45, 2.75) is 13.8 Å². The minimum absolute atomic E-state index is 0.0372. The number of hydrogen-bond acceptors (Lipinski definition) is 7. The number of rotatable bonds is 7. The van der Waals surface area contributed by atoms with Crippen molar-refractivity contribution >= 4 is 29.9 Å². The van der Waals surface area contributed by atoms with Crippen molar-refractivity contribution in [1.29, 1.82) is 0 Å². The second-order valence-corrected chi connectivity index (χ2v) is 8.03. The molecule has 0 bridgehead atoms. The van der Waals surface area contributed by atoms with Crippen molar-refractivity contribution in [3.05, 3.63) is 0 Å². The molecule has 0 radical (unpaired) electrons. The molecular formula is C9H19N2O5PS. The molecule has 1 unspecified atom stereocenters. The van der Waals surface area contributed by atoms with Crippen molar-refractivity contribution in [2.24, 2.45) is 5.16 Å². The summed E-state index contributed by atoms with van der Waals surface area (Å²) < 4.78 is 22.2. The first-order valence-corrected chi connectivity index (χ1v) is 8.79. The molecule has 0 aromatic heterocycles. The van der Waals surface area contributed by atoms with Gasteiger partial charge in [0, 0.05) is 13.2 Å². The summed E-state index contributed by atoms with van der Waals surface area (Å²) in [6.45, 7) is 1.15. The fourth-order valence-corrected chi connectivity index (χ4v) is 4.17. The lowest BCUT2D eigenvalue weighted by Crippen LogP contribution is -2.24. The minimum Gasteiger partial charge on any atom is -0.396 e. The number of oxime groups is 1. The number of nitrogens with one attached hydrogen (secondary N) is 1. The topological polar surface area (TPSA) is 86.2 Å². The molecule has 0 aromatic carbocycles. The number of hydrogen-bond donors (Lipinski definition) is 1. The van der Waals surface area contributed by atoms with Crippen LogP contribution in [0.2, 0.25) is 0 Å². The lowest BCUT2D eigenvalue weighted by molar-refractivity contribution is 0.180. The van der Waals surface area contributed by atoms with Crippen LogP contribution in [0.25, 0.3) is 0 Å². The highest BCUT2D eigenvalue weighted by molar-refractivity contribution is 8.56. The minimum atomic E-state index is -2.76. The third-order valence-corrected chi connectivity index (χ3v) is 6.56. The maximum Gasteiger partial charge on any atom is 0.413 e. The van der Waals surface area contributed by atoms with E-state index in [1.54, 1.807) is 13.8 Å². The van der Waals surface area contributed by atoms with E-state index in [9.17, 15) is 9.36 Å². The summed E-state index contributed by atoms with van der Waals surface area (Å²) in [4.78, 5) is 15.6. The Balaban J connectivity index is 4.47. The first-order chi connectivity index (χ1) is 8.51. The molecule has 0 saturated heterocycles. The molecule has 0 aromatic rings. The van der Waals surface area contributed by atoms with E-state index in [1.165, 1.54) is 14.2 Å². The second-order valence-electron chi connectivity index (χ2n) is 2.93. The molecule has 0 aliphatic rings. The molecule has 0 fully saturated rings. The van der Waals surface area contributed by atoms with E-state index >= 15 is 0 Å². The van der Waals surface area contributed by atoms with Gasteiger partial charge in [-0.1, -0.05) is 23.5 Å². The Bertz CT molecular complexity index is 337. The van der Waals surface area contributed by atoms with Crippen LogP contribution in [-0.2, 0) is 18.7 Å². The number of carbonyl (C=O) groups is 1. The lowest BCUT2D eigenvalue weighted by atomic mass is 10.8. The van der Waals surface area contributed by atoms with E-state index in [4.69, 9.17) is 9.26 Å². The van der Waals surface area contributed by atoms with Crippen LogP contribution in [0, 0.1) is 0 Å². The third-order valence-electron chi connectivity index (χ3n) is 1.71. The molecular weight excluding hydrogens is 279 g/mol. The Labute approximate surface area is 111 Å². The van der Waals surface area contributed by atoms with Crippen molar-refractivity contribution in [3.63, 3.8) is 0 Å². The fourth-order valence-electron chi connectivity index (χ4n) is 0.904. The molecule has 7 nitrogen and oxygen atoms in total. The standard InChI is InChI=1S/C9H19N2O5PS/c1-5-15-17(13,6-2)18-7-8(11-14-4)16-9(12)10-3/h5-7H2,1-4H3,(H,10,12). The van der Waals surface area contributed by atoms with Crippen LogP contribution in [0.15, 0.2) is 5.16 Å². The van der Waals surface area contributed by atoms with Crippen LogP contribution in [0.5, 0.6) is 0 Å². The van der Waals surface area contributed by atoms with Crippen molar-refractivity contribution < 1.29 is 23.5 Å². The van der Waals surface area contributed by atoms with Crippen LogP contribution in [0.3, 0.4) is 0 Å². The molecule has 9 heteroatoms. The summed E-state index contributed by atoms with van der Waals surface area (Å²) in [5.74, 6) is 0.169. The zero-order chi connectivity index (χ0) is 14.0. The molecule has 106 valence electrons. The summed E-state index contributed by atoms with van der Waals surface area (Å²) in [6.07, 6.45) is -0.264. The van der Waals surface area contributed by atoms with Gasteiger partial charge >= 0.3 is 6.09 Å². The van der Waals surface area contributed by atoms with Gasteiger partial charge in [0.2, 0.25) is 5.90 Å². The average molecular weight is 298 g/mol. The number of carbonyl (C=O) groups excluding carboxylic acids is 1. The number of alkyl carbamates (subject to hydrolysis) is 1. The zero-order valence-electron chi connectivity index (χ0n) is 11.0. The third kappa shape index (κ3) is 6.88. The summed E-state index contributed by atoms with van der Waals surface area (Å²) >= 11 is 1.07. The summed E-state index contributed by atoms with van der Waals surface area (Å²) in [5.41, 5.74) is 0. The monoisotopic (exact) mass is 298 g/mol. The highest BCUT2D eigenvalue weighted by Gasteiger charge is 2.23. The molecule has 1 N–H and O–H groups in total. The van der Waals surface area contributed by atoms with Crippen LogP contribution in [-0.4, -0.2) is 44.7 Å². The smallest absolute Gasteiger partial charge is 0.396 e. The lowest BCUT2D eigenvalue weighted by Gasteiger charge is -2.15. The molecule has 0 aliphatic heterocycles. The van der Waals surface area contributed by atoms with Crippen LogP contribution < -0.4 is 5.32 Å². The predicted molar refractivity (Wildman–Crippen MR) is 72.2 cm³/mol. The molecule has 18 heavy (non-hydrogen) atoms. The van der Waals surface area contributed by atoms with Gasteiger partial charge < -0.3 is 19.4 Å². The maximum atomic E-state index is 12.1. The Kier molecular flexibility index (Phi) is 8.87. The molecule has 1 amide bonds. The van der Waals surface area contributed by atoms with Gasteiger partial charge in [-0.05, 0) is 6.92 Å². The highest BCUT2D eigenvalue weighted by Crippen LogP contribution is 2.59. The molecule has 0 saturated carbocycles. The Morgan fingerprint density at radius 1 is 1.44 bits per heavy atom. The quantitative estimate of drug-likeness (QED) is 0.336. The van der Waals surface area contributed by atoms with Gasteiger partial charge in [-0.25, -0.2) is 4.79 Å². The first-order valence-electron chi connectivity index (χ1n) is 5.39. The van der Waals surface area contributed by atoms with E-state index in [0.717, 1.165) is 11.4 Å². The van der Waals surface area contributed by atoms with Gasteiger partial charge in [-0.2, -0.15) is 0 Å². The summed E-state index contributed by atoms with van der Waals surface area (Å²) in [6, 6.07) is 0. The van der Waals surface area contributed by atoms with Gasteiger partial charge in [0.25, 0.3) is 6.57 Å². The number of nitrogens with zero attached hydrogens (tertiary/aromatic N) is 1. The van der Waals surface area contributed by atoms with E-state index in [-0.39, 0.29) is 11.7 Å². The fraction of sp³-hybridized carbons (Fsp3) is 0.778. The molecule has 0 aliphatic carbocycles. The van der Waals surface area contributed by atoms with Crippen LogP contribution in [0.1, 0.15) is 13.8 Å². The average Bonchev–Trinajstić information content (AvgIpc) is 2.36. The normalized spacial score (nSPS) is 14.8. The van der Waals surface area contributed by atoms with E-state index in [1.807, 2.05) is 0 Å². The SMILES string of the molecule is CCOP(=O)(CC)SCC(=NOC)OC(=O)NC. The van der Waals surface area contributed by atoms with Gasteiger partial charge in [0.05, 0.1) is 12.4 Å². The maximum absolute atomic E-state index is 12.1. The van der Waals surface area contributed by atoms with Gasteiger partial charge in [0.15, 0.2) is 0 Å². The van der Waals surface area contributed by atoms with Crippen LogP contribution >= 0.6 is 18.0 Å². The van der Waals surface area contributed by atoms with Crippen molar-refractivity contribution in [1.82, 2.24) is 5.32 Å². The number of amides is 1. The first kappa shape index (κ1) is 17.3. The Hall–Kier alpha value is -0.720. The highest BCUT2D eigenvalue weighted by atomic mass is 32.7. The van der Waals surface area contributed by atoms with E-state index in [0.29, 0.717) is 12.8 Å². The van der Waals surface area contributed by atoms with Crippen molar-refractivity contribution in [2.75, 3.05) is 32.7 Å². The molecule has 1 atom stereocenters. The van der Waals surface area contributed by atoms with E-state index < -0.39 is 12.7 Å². The van der Waals surface area contributed by atoms with Gasteiger partial charge in [-0.15, -0.1) is 0 Å². The molecule has 0 rings (SSSR count). The number of ether oxygens (including phenoxy) is 1. The summed E-state index contributed by atoms with van der Waals surface area (Å²) in [5, 5.41) is 5.83. The van der Waals surface area contributed by atoms with Gasteiger partial charge in [0.1, 0.15) is 7.11 Å². The molecule has 0 heterocycles.